The molecule has 0 saturated heterocycles. The highest BCUT2D eigenvalue weighted by Crippen LogP contribution is 2.22. The number of rotatable bonds is 4. The Balaban J connectivity index is 2.14. The summed E-state index contributed by atoms with van der Waals surface area (Å²) < 4.78 is 5.64. The van der Waals surface area contributed by atoms with Gasteiger partial charge < -0.3 is 4.74 Å². The molecule has 4 heteroatoms. The van der Waals surface area contributed by atoms with Crippen molar-refractivity contribution in [2.24, 2.45) is 5.10 Å². The number of amides is 1. The van der Waals surface area contributed by atoms with Crippen LogP contribution >= 0.6 is 0 Å². The first-order valence-corrected chi connectivity index (χ1v) is 9.63. The van der Waals surface area contributed by atoms with E-state index >= 15 is 0 Å². The molecule has 3 rings (SSSR count). The Morgan fingerprint density at radius 3 is 1.72 bits per heavy atom. The standard InChI is InChI=1S/C25H26N2O2/c1-19-15-17-22(18-16-19)27(24(28)29-25(2,3)4)26-23(20-11-7-5-8-12-20)21-13-9-6-10-14-21/h5-18H,1-4H3. The van der Waals surface area contributed by atoms with Gasteiger partial charge in [-0.1, -0.05) is 78.4 Å². The normalized spacial score (nSPS) is 10.9. The quantitative estimate of drug-likeness (QED) is 0.396. The van der Waals surface area contributed by atoms with Crippen molar-refractivity contribution < 1.29 is 9.53 Å². The molecule has 0 aliphatic heterocycles. The lowest BCUT2D eigenvalue weighted by atomic mass is 10.0. The number of hydrogen-bond donors (Lipinski definition) is 0. The van der Waals surface area contributed by atoms with Gasteiger partial charge in [-0.05, 0) is 39.8 Å². The van der Waals surface area contributed by atoms with Crippen LogP contribution in [0.3, 0.4) is 0 Å². The third-order valence-electron chi connectivity index (χ3n) is 4.14. The zero-order chi connectivity index (χ0) is 20.9. The highest BCUT2D eigenvalue weighted by Gasteiger charge is 2.24. The van der Waals surface area contributed by atoms with Crippen LogP contribution in [0.25, 0.3) is 0 Å². The average Bonchev–Trinajstić information content (AvgIpc) is 2.70. The van der Waals surface area contributed by atoms with Crippen molar-refractivity contribution in [1.29, 1.82) is 0 Å². The van der Waals surface area contributed by atoms with E-state index in [2.05, 4.69) is 0 Å². The molecule has 0 aliphatic carbocycles. The predicted octanol–water partition coefficient (Wildman–Crippen LogP) is 6.19. The van der Waals surface area contributed by atoms with Crippen LogP contribution in [0.1, 0.15) is 37.5 Å². The molecule has 3 aromatic carbocycles. The summed E-state index contributed by atoms with van der Waals surface area (Å²) in [5.74, 6) is 0. The lowest BCUT2D eigenvalue weighted by Gasteiger charge is -2.25. The zero-order valence-electron chi connectivity index (χ0n) is 17.3. The summed E-state index contributed by atoms with van der Waals surface area (Å²) in [6, 6.07) is 27.3. The van der Waals surface area contributed by atoms with Crippen LogP contribution in [0.2, 0.25) is 0 Å². The molecule has 0 radical (unpaired) electrons. The number of nitrogens with zero attached hydrogens (tertiary/aromatic N) is 2. The molecule has 4 nitrogen and oxygen atoms in total. The van der Waals surface area contributed by atoms with Crippen molar-refractivity contribution in [3.8, 4) is 0 Å². The van der Waals surface area contributed by atoms with E-state index < -0.39 is 11.7 Å². The van der Waals surface area contributed by atoms with Gasteiger partial charge in [0.05, 0.1) is 11.4 Å². The molecule has 148 valence electrons. The topological polar surface area (TPSA) is 41.9 Å². The zero-order valence-corrected chi connectivity index (χ0v) is 17.3. The van der Waals surface area contributed by atoms with Gasteiger partial charge in [0.25, 0.3) is 0 Å². The molecule has 0 spiro atoms. The molecule has 0 N–H and O–H groups in total. The highest BCUT2D eigenvalue weighted by atomic mass is 16.6. The Morgan fingerprint density at radius 1 is 0.793 bits per heavy atom. The van der Waals surface area contributed by atoms with E-state index in [4.69, 9.17) is 9.84 Å². The van der Waals surface area contributed by atoms with Gasteiger partial charge in [0.2, 0.25) is 0 Å². The highest BCUT2D eigenvalue weighted by molar-refractivity contribution is 6.14. The van der Waals surface area contributed by atoms with Crippen LogP contribution in [0.5, 0.6) is 0 Å². The Kier molecular flexibility index (Phi) is 6.13. The lowest BCUT2D eigenvalue weighted by Crippen LogP contribution is -2.34. The summed E-state index contributed by atoms with van der Waals surface area (Å²) in [6.45, 7) is 7.54. The number of aryl methyl sites for hydroxylation is 1. The molecule has 0 bridgehead atoms. The molecule has 29 heavy (non-hydrogen) atoms. The molecular formula is C25H26N2O2. The van der Waals surface area contributed by atoms with Crippen molar-refractivity contribution in [2.75, 3.05) is 5.01 Å². The van der Waals surface area contributed by atoms with Gasteiger partial charge in [-0.25, -0.2) is 4.79 Å². The Morgan fingerprint density at radius 2 is 1.28 bits per heavy atom. The van der Waals surface area contributed by atoms with Crippen LogP contribution in [-0.4, -0.2) is 17.4 Å². The minimum Gasteiger partial charge on any atom is -0.442 e. The maximum absolute atomic E-state index is 13.0. The summed E-state index contributed by atoms with van der Waals surface area (Å²) >= 11 is 0. The SMILES string of the molecule is Cc1ccc(N(N=C(c2ccccc2)c2ccccc2)C(=O)OC(C)(C)C)cc1. The smallest absolute Gasteiger partial charge is 0.435 e. The molecule has 0 saturated carbocycles. The van der Waals surface area contributed by atoms with Crippen molar-refractivity contribution >= 4 is 17.5 Å². The molecule has 0 aromatic heterocycles. The predicted molar refractivity (Wildman–Crippen MR) is 118 cm³/mol. The van der Waals surface area contributed by atoms with Gasteiger partial charge in [0, 0.05) is 11.1 Å². The molecule has 0 unspecified atom stereocenters. The second kappa shape index (κ2) is 8.74. The Hall–Kier alpha value is -3.40. The fourth-order valence-electron chi connectivity index (χ4n) is 2.77. The number of hydrogen-bond acceptors (Lipinski definition) is 3. The first kappa shape index (κ1) is 20.3. The summed E-state index contributed by atoms with van der Waals surface area (Å²) in [6.07, 6.45) is -0.522. The first-order chi connectivity index (χ1) is 13.8. The minimum absolute atomic E-state index is 0.522. The molecule has 0 atom stereocenters. The van der Waals surface area contributed by atoms with Gasteiger partial charge in [-0.3, -0.25) is 0 Å². The third-order valence-corrected chi connectivity index (χ3v) is 4.14. The van der Waals surface area contributed by atoms with Crippen LogP contribution < -0.4 is 5.01 Å². The van der Waals surface area contributed by atoms with Crippen molar-refractivity contribution in [1.82, 2.24) is 0 Å². The Bertz CT molecular complexity index is 931. The monoisotopic (exact) mass is 386 g/mol. The van der Waals surface area contributed by atoms with Crippen molar-refractivity contribution in [3.05, 3.63) is 102 Å². The van der Waals surface area contributed by atoms with E-state index in [1.807, 2.05) is 113 Å². The summed E-state index contributed by atoms with van der Waals surface area (Å²) in [5.41, 5.74) is 3.65. The number of benzene rings is 3. The fourth-order valence-corrected chi connectivity index (χ4v) is 2.77. The number of carbonyl (C=O) groups excluding carboxylic acids is 1. The molecular weight excluding hydrogens is 360 g/mol. The van der Waals surface area contributed by atoms with Crippen LogP contribution in [-0.2, 0) is 4.74 Å². The number of anilines is 1. The van der Waals surface area contributed by atoms with Crippen LogP contribution in [0, 0.1) is 6.92 Å². The summed E-state index contributed by atoms with van der Waals surface area (Å²) in [5, 5.41) is 6.11. The van der Waals surface area contributed by atoms with E-state index in [0.717, 1.165) is 16.7 Å². The van der Waals surface area contributed by atoms with Crippen molar-refractivity contribution in [2.45, 2.75) is 33.3 Å². The first-order valence-electron chi connectivity index (χ1n) is 9.63. The fraction of sp³-hybridized carbons (Fsp3) is 0.200. The third kappa shape index (κ3) is 5.55. The van der Waals surface area contributed by atoms with Gasteiger partial charge in [0.15, 0.2) is 0 Å². The number of ether oxygens (including phenoxy) is 1. The van der Waals surface area contributed by atoms with E-state index in [9.17, 15) is 4.79 Å². The van der Waals surface area contributed by atoms with Gasteiger partial charge in [-0.15, -0.1) is 0 Å². The second-order valence-corrected chi connectivity index (χ2v) is 7.81. The maximum atomic E-state index is 13.0. The maximum Gasteiger partial charge on any atom is 0.435 e. The Labute approximate surface area is 172 Å². The summed E-state index contributed by atoms with van der Waals surface area (Å²) in [4.78, 5) is 13.0. The number of carbonyl (C=O) groups is 1. The van der Waals surface area contributed by atoms with Gasteiger partial charge in [-0.2, -0.15) is 10.1 Å². The molecule has 1 amide bonds. The second-order valence-electron chi connectivity index (χ2n) is 7.81. The molecule has 3 aromatic rings. The summed E-state index contributed by atoms with van der Waals surface area (Å²) in [7, 11) is 0. The van der Waals surface area contributed by atoms with Crippen molar-refractivity contribution in [3.63, 3.8) is 0 Å². The largest absolute Gasteiger partial charge is 0.442 e. The van der Waals surface area contributed by atoms with E-state index in [-0.39, 0.29) is 0 Å². The lowest BCUT2D eigenvalue weighted by molar-refractivity contribution is 0.0581. The van der Waals surface area contributed by atoms with E-state index in [1.54, 1.807) is 0 Å². The average molecular weight is 386 g/mol. The van der Waals surface area contributed by atoms with Crippen LogP contribution in [0.4, 0.5) is 10.5 Å². The van der Waals surface area contributed by atoms with E-state index in [0.29, 0.717) is 11.4 Å². The van der Waals surface area contributed by atoms with Gasteiger partial charge >= 0.3 is 6.09 Å². The van der Waals surface area contributed by atoms with Crippen LogP contribution in [0.15, 0.2) is 90.0 Å². The molecule has 0 aliphatic rings. The molecule has 0 heterocycles. The van der Waals surface area contributed by atoms with E-state index in [1.165, 1.54) is 5.01 Å². The number of hydrazone groups is 1. The minimum atomic E-state index is -0.630. The van der Waals surface area contributed by atoms with Gasteiger partial charge in [0.1, 0.15) is 5.60 Å². The molecule has 0 fully saturated rings.